The topological polar surface area (TPSA) is 17.1 Å². The number of unbranched alkanes of at least 4 members (excludes halogenated alkanes) is 2. The molecule has 1 aromatic carbocycles. The summed E-state index contributed by atoms with van der Waals surface area (Å²) >= 11 is 5.98. The molecule has 0 bridgehead atoms. The number of benzene rings is 1. The summed E-state index contributed by atoms with van der Waals surface area (Å²) in [5, 5.41) is 0.571. The predicted molar refractivity (Wildman–Crippen MR) is 64.8 cm³/mol. The average molecular weight is 225 g/mol. The van der Waals surface area contributed by atoms with Crippen LogP contribution in [0.2, 0.25) is 5.02 Å². The number of halogens is 1. The number of hydrogen-bond donors (Lipinski definition) is 0. The van der Waals surface area contributed by atoms with Gasteiger partial charge in [-0.2, -0.15) is 0 Å². The molecule has 2 heteroatoms. The van der Waals surface area contributed by atoms with Gasteiger partial charge in [0.15, 0.2) is 6.29 Å². The minimum absolute atomic E-state index is 0.571. The first-order valence-corrected chi connectivity index (χ1v) is 5.81. The van der Waals surface area contributed by atoms with E-state index in [2.05, 4.69) is 6.92 Å². The van der Waals surface area contributed by atoms with Crippen LogP contribution in [0.1, 0.15) is 47.7 Å². The zero-order valence-electron chi connectivity index (χ0n) is 9.35. The summed E-state index contributed by atoms with van der Waals surface area (Å²) < 4.78 is 0. The van der Waals surface area contributed by atoms with Crippen LogP contribution in [0, 0.1) is 6.92 Å². The molecule has 0 saturated carbocycles. The van der Waals surface area contributed by atoms with E-state index < -0.39 is 0 Å². The number of aryl methyl sites for hydroxylation is 2. The Kier molecular flexibility index (Phi) is 4.83. The van der Waals surface area contributed by atoms with E-state index in [0.717, 1.165) is 18.3 Å². The Morgan fingerprint density at radius 1 is 1.33 bits per heavy atom. The molecule has 0 unspecified atom stereocenters. The first kappa shape index (κ1) is 12.3. The van der Waals surface area contributed by atoms with Gasteiger partial charge in [-0.25, -0.2) is 0 Å². The Morgan fingerprint density at radius 2 is 2.07 bits per heavy atom. The Morgan fingerprint density at radius 3 is 2.67 bits per heavy atom. The maximum absolute atomic E-state index is 10.7. The predicted octanol–water partition coefficient (Wildman–Crippen LogP) is 4.19. The Balaban J connectivity index is 2.80. The van der Waals surface area contributed by atoms with Crippen molar-refractivity contribution in [2.24, 2.45) is 0 Å². The lowest BCUT2D eigenvalue weighted by Gasteiger charge is -2.07. The second kappa shape index (κ2) is 5.92. The van der Waals surface area contributed by atoms with Crippen molar-refractivity contribution in [3.05, 3.63) is 33.8 Å². The van der Waals surface area contributed by atoms with E-state index in [1.54, 1.807) is 0 Å². The lowest BCUT2D eigenvalue weighted by Crippen LogP contribution is -1.93. The smallest absolute Gasteiger partial charge is 0.151 e. The molecule has 0 atom stereocenters. The molecule has 0 aliphatic carbocycles. The van der Waals surface area contributed by atoms with E-state index >= 15 is 0 Å². The van der Waals surface area contributed by atoms with Crippen molar-refractivity contribution in [1.29, 1.82) is 0 Å². The van der Waals surface area contributed by atoms with Crippen LogP contribution in [-0.2, 0) is 6.42 Å². The molecule has 0 saturated heterocycles. The minimum Gasteiger partial charge on any atom is -0.298 e. The fourth-order valence-corrected chi connectivity index (χ4v) is 1.90. The fourth-order valence-electron chi connectivity index (χ4n) is 1.67. The first-order valence-electron chi connectivity index (χ1n) is 5.43. The number of rotatable bonds is 5. The number of carbonyl (C=O) groups excluding carboxylic acids is 1. The van der Waals surface area contributed by atoms with E-state index in [1.165, 1.54) is 24.8 Å². The van der Waals surface area contributed by atoms with Crippen molar-refractivity contribution in [1.82, 2.24) is 0 Å². The molecular weight excluding hydrogens is 208 g/mol. The summed E-state index contributed by atoms with van der Waals surface area (Å²) in [6.45, 7) is 4.22. The second-order valence-electron chi connectivity index (χ2n) is 3.88. The summed E-state index contributed by atoms with van der Waals surface area (Å²) in [4.78, 5) is 10.7. The molecule has 15 heavy (non-hydrogen) atoms. The molecular formula is C13H17ClO. The lowest BCUT2D eigenvalue weighted by atomic mass is 10.0. The molecule has 0 aromatic heterocycles. The SMILES string of the molecule is CCCCCc1cc(Cl)c(C=O)cc1C. The maximum atomic E-state index is 10.7. The number of carbonyl (C=O) groups is 1. The summed E-state index contributed by atoms with van der Waals surface area (Å²) in [5.41, 5.74) is 3.02. The van der Waals surface area contributed by atoms with Crippen molar-refractivity contribution < 1.29 is 4.79 Å². The lowest BCUT2D eigenvalue weighted by molar-refractivity contribution is 0.112. The van der Waals surface area contributed by atoms with Gasteiger partial charge < -0.3 is 0 Å². The Labute approximate surface area is 96.5 Å². The van der Waals surface area contributed by atoms with Crippen LogP contribution in [0.15, 0.2) is 12.1 Å². The average Bonchev–Trinajstić information content (AvgIpc) is 2.23. The van der Waals surface area contributed by atoms with E-state index in [0.29, 0.717) is 10.6 Å². The van der Waals surface area contributed by atoms with Gasteiger partial charge in [0.1, 0.15) is 0 Å². The van der Waals surface area contributed by atoms with Crippen molar-refractivity contribution in [2.45, 2.75) is 39.5 Å². The van der Waals surface area contributed by atoms with Crippen LogP contribution in [0.5, 0.6) is 0 Å². The van der Waals surface area contributed by atoms with E-state index in [-0.39, 0.29) is 0 Å². The van der Waals surface area contributed by atoms with E-state index in [9.17, 15) is 4.79 Å². The minimum atomic E-state index is 0.571. The number of hydrogen-bond acceptors (Lipinski definition) is 1. The van der Waals surface area contributed by atoms with Crippen molar-refractivity contribution in [3.63, 3.8) is 0 Å². The van der Waals surface area contributed by atoms with Gasteiger partial charge in [-0.3, -0.25) is 4.79 Å². The summed E-state index contributed by atoms with van der Waals surface area (Å²) in [5.74, 6) is 0. The Bertz CT molecular complexity index is 345. The van der Waals surface area contributed by atoms with Crippen LogP contribution in [0.25, 0.3) is 0 Å². The van der Waals surface area contributed by atoms with E-state index in [1.807, 2.05) is 19.1 Å². The third-order valence-corrected chi connectivity index (χ3v) is 2.96. The highest BCUT2D eigenvalue weighted by Gasteiger charge is 2.04. The summed E-state index contributed by atoms with van der Waals surface area (Å²) in [6, 6.07) is 3.80. The van der Waals surface area contributed by atoms with Crippen molar-refractivity contribution in [2.75, 3.05) is 0 Å². The monoisotopic (exact) mass is 224 g/mol. The largest absolute Gasteiger partial charge is 0.298 e. The molecule has 82 valence electrons. The molecule has 1 rings (SSSR count). The molecule has 0 heterocycles. The van der Waals surface area contributed by atoms with Crippen LogP contribution >= 0.6 is 11.6 Å². The normalized spacial score (nSPS) is 10.3. The van der Waals surface area contributed by atoms with Crippen LogP contribution < -0.4 is 0 Å². The van der Waals surface area contributed by atoms with E-state index in [4.69, 9.17) is 11.6 Å². The van der Waals surface area contributed by atoms with Gasteiger partial charge in [0, 0.05) is 5.56 Å². The molecule has 1 aromatic rings. The zero-order valence-corrected chi connectivity index (χ0v) is 10.1. The number of aldehydes is 1. The molecule has 0 N–H and O–H groups in total. The maximum Gasteiger partial charge on any atom is 0.151 e. The summed E-state index contributed by atoms with van der Waals surface area (Å²) in [7, 11) is 0. The van der Waals surface area contributed by atoms with Gasteiger partial charge in [-0.1, -0.05) is 31.4 Å². The zero-order chi connectivity index (χ0) is 11.3. The molecule has 0 fully saturated rings. The highest BCUT2D eigenvalue weighted by atomic mass is 35.5. The van der Waals surface area contributed by atoms with Gasteiger partial charge >= 0.3 is 0 Å². The second-order valence-corrected chi connectivity index (χ2v) is 4.28. The molecule has 0 aliphatic rings. The molecule has 0 amide bonds. The van der Waals surface area contributed by atoms with Crippen LogP contribution in [0.3, 0.4) is 0 Å². The van der Waals surface area contributed by atoms with Gasteiger partial charge in [0.05, 0.1) is 5.02 Å². The molecule has 0 aliphatic heterocycles. The Hall–Kier alpha value is -0.820. The van der Waals surface area contributed by atoms with Gasteiger partial charge in [0.25, 0.3) is 0 Å². The quantitative estimate of drug-likeness (QED) is 0.541. The highest BCUT2D eigenvalue weighted by molar-refractivity contribution is 6.33. The van der Waals surface area contributed by atoms with Crippen LogP contribution in [-0.4, -0.2) is 6.29 Å². The van der Waals surface area contributed by atoms with Gasteiger partial charge in [0.2, 0.25) is 0 Å². The highest BCUT2D eigenvalue weighted by Crippen LogP contribution is 2.21. The third kappa shape index (κ3) is 3.35. The van der Waals surface area contributed by atoms with Crippen molar-refractivity contribution in [3.8, 4) is 0 Å². The summed E-state index contributed by atoms with van der Waals surface area (Å²) in [6.07, 6.45) is 5.52. The molecule has 0 radical (unpaired) electrons. The van der Waals surface area contributed by atoms with Crippen molar-refractivity contribution >= 4 is 17.9 Å². The standard InChI is InChI=1S/C13H17ClO/c1-3-4-5-6-11-8-13(14)12(9-15)7-10(11)2/h7-9H,3-6H2,1-2H3. The third-order valence-electron chi connectivity index (χ3n) is 2.63. The van der Waals surface area contributed by atoms with Crippen LogP contribution in [0.4, 0.5) is 0 Å². The molecule has 0 spiro atoms. The van der Waals surface area contributed by atoms with Gasteiger partial charge in [-0.15, -0.1) is 0 Å². The molecule has 1 nitrogen and oxygen atoms in total. The first-order chi connectivity index (χ1) is 7.19. The van der Waals surface area contributed by atoms with Gasteiger partial charge in [-0.05, 0) is 43.0 Å². The fraction of sp³-hybridized carbons (Fsp3) is 0.462.